The molecule has 2 amide bonds. The van der Waals surface area contributed by atoms with E-state index in [1.165, 1.54) is 40.9 Å². The average Bonchev–Trinajstić information content (AvgIpc) is 2.88. The minimum atomic E-state index is -0.413. The van der Waals surface area contributed by atoms with Crippen molar-refractivity contribution in [2.45, 2.75) is 29.7 Å². The number of aryl methyl sites for hydroxylation is 1. The quantitative estimate of drug-likeness (QED) is 0.796. The summed E-state index contributed by atoms with van der Waals surface area (Å²) in [6, 6.07) is 5.25. The SMILES string of the molecule is Cn1cnnc1S[C@@H]1CCCCN(C(=O)c2ccc(F)cc2)C1=O. The fraction of sp³-hybridized carbons (Fsp3) is 0.375. The topological polar surface area (TPSA) is 68.1 Å². The first-order valence-corrected chi connectivity index (χ1v) is 8.56. The number of aromatic nitrogens is 3. The molecule has 126 valence electrons. The minimum Gasteiger partial charge on any atom is -0.312 e. The number of nitrogens with zero attached hydrogens (tertiary/aromatic N) is 4. The van der Waals surface area contributed by atoms with E-state index in [-0.39, 0.29) is 17.1 Å². The van der Waals surface area contributed by atoms with Gasteiger partial charge in [-0.15, -0.1) is 10.2 Å². The lowest BCUT2D eigenvalue weighted by Gasteiger charge is -2.22. The van der Waals surface area contributed by atoms with E-state index in [1.54, 1.807) is 10.9 Å². The van der Waals surface area contributed by atoms with Crippen molar-refractivity contribution in [1.82, 2.24) is 19.7 Å². The van der Waals surface area contributed by atoms with Gasteiger partial charge >= 0.3 is 0 Å². The van der Waals surface area contributed by atoms with Crippen molar-refractivity contribution in [1.29, 1.82) is 0 Å². The first-order chi connectivity index (χ1) is 11.6. The lowest BCUT2D eigenvalue weighted by Crippen LogP contribution is -2.41. The van der Waals surface area contributed by atoms with Gasteiger partial charge in [0.05, 0.1) is 5.25 Å². The molecule has 2 aromatic rings. The second-order valence-electron chi connectivity index (χ2n) is 5.63. The molecule has 6 nitrogen and oxygen atoms in total. The molecule has 1 aliphatic rings. The summed E-state index contributed by atoms with van der Waals surface area (Å²) in [6.45, 7) is 0.380. The van der Waals surface area contributed by atoms with Crippen LogP contribution in [0.2, 0.25) is 0 Å². The Bertz CT molecular complexity index is 747. The van der Waals surface area contributed by atoms with E-state index in [0.717, 1.165) is 12.8 Å². The Morgan fingerprint density at radius 2 is 2.04 bits per heavy atom. The van der Waals surface area contributed by atoms with Gasteiger partial charge in [0.1, 0.15) is 12.1 Å². The summed E-state index contributed by atoms with van der Waals surface area (Å²) in [6.07, 6.45) is 3.87. The summed E-state index contributed by atoms with van der Waals surface area (Å²) in [5.41, 5.74) is 0.314. The van der Waals surface area contributed by atoms with Gasteiger partial charge in [0.25, 0.3) is 5.91 Å². The van der Waals surface area contributed by atoms with Crippen LogP contribution in [0.3, 0.4) is 0 Å². The van der Waals surface area contributed by atoms with E-state index in [9.17, 15) is 14.0 Å². The van der Waals surface area contributed by atoms with Gasteiger partial charge in [-0.1, -0.05) is 18.2 Å². The number of imide groups is 1. The lowest BCUT2D eigenvalue weighted by molar-refractivity contribution is -0.127. The number of carbonyl (C=O) groups is 2. The Kier molecular flexibility index (Phi) is 4.94. The van der Waals surface area contributed by atoms with Gasteiger partial charge in [0.2, 0.25) is 5.91 Å². The molecule has 1 aromatic carbocycles. The van der Waals surface area contributed by atoms with Gasteiger partial charge in [0.15, 0.2) is 5.16 Å². The highest BCUT2D eigenvalue weighted by molar-refractivity contribution is 8.00. The average molecular weight is 348 g/mol. The van der Waals surface area contributed by atoms with Crippen molar-refractivity contribution in [3.63, 3.8) is 0 Å². The number of rotatable bonds is 3. The van der Waals surface area contributed by atoms with Crippen LogP contribution in [-0.4, -0.2) is 43.3 Å². The number of carbonyl (C=O) groups excluding carboxylic acids is 2. The van der Waals surface area contributed by atoms with Crippen LogP contribution in [-0.2, 0) is 11.8 Å². The molecule has 2 heterocycles. The molecule has 0 saturated carbocycles. The number of halogens is 1. The van der Waals surface area contributed by atoms with E-state index in [2.05, 4.69) is 10.2 Å². The fourth-order valence-electron chi connectivity index (χ4n) is 2.57. The normalized spacial score (nSPS) is 18.5. The summed E-state index contributed by atoms with van der Waals surface area (Å²) in [7, 11) is 1.81. The van der Waals surface area contributed by atoms with Gasteiger partial charge in [-0.2, -0.15) is 0 Å². The molecule has 0 N–H and O–H groups in total. The van der Waals surface area contributed by atoms with Gasteiger partial charge < -0.3 is 4.57 Å². The molecule has 1 fully saturated rings. The molecular weight excluding hydrogens is 331 g/mol. The molecule has 3 rings (SSSR count). The predicted octanol–water partition coefficient (Wildman–Crippen LogP) is 2.27. The summed E-state index contributed by atoms with van der Waals surface area (Å²) in [5.74, 6) is -1.02. The van der Waals surface area contributed by atoms with Crippen molar-refractivity contribution in [3.05, 3.63) is 42.0 Å². The van der Waals surface area contributed by atoms with Crippen molar-refractivity contribution in [3.8, 4) is 0 Å². The number of hydrogen-bond donors (Lipinski definition) is 0. The molecule has 24 heavy (non-hydrogen) atoms. The van der Waals surface area contributed by atoms with Crippen LogP contribution in [0, 0.1) is 5.82 Å². The second kappa shape index (κ2) is 7.12. The third-order valence-corrected chi connectivity index (χ3v) is 5.20. The van der Waals surface area contributed by atoms with Gasteiger partial charge in [-0.25, -0.2) is 4.39 Å². The first kappa shape index (κ1) is 16.6. The van der Waals surface area contributed by atoms with Crippen LogP contribution in [0.25, 0.3) is 0 Å². The van der Waals surface area contributed by atoms with Crippen molar-refractivity contribution in [2.24, 2.45) is 7.05 Å². The van der Waals surface area contributed by atoms with E-state index < -0.39 is 5.82 Å². The summed E-state index contributed by atoms with van der Waals surface area (Å²) < 4.78 is 14.8. The third kappa shape index (κ3) is 3.48. The number of benzene rings is 1. The molecule has 1 atom stereocenters. The molecule has 0 radical (unpaired) electrons. The first-order valence-electron chi connectivity index (χ1n) is 7.68. The molecule has 1 aliphatic heterocycles. The molecule has 8 heteroatoms. The standard InChI is InChI=1S/C16H17FN4O2S/c1-20-10-18-19-16(20)24-13-4-2-3-9-21(15(13)23)14(22)11-5-7-12(17)8-6-11/h5-8,10,13H,2-4,9H2,1H3/t13-/m1/s1. The summed E-state index contributed by atoms with van der Waals surface area (Å²) >= 11 is 1.32. The van der Waals surface area contributed by atoms with Gasteiger partial charge in [-0.05, 0) is 37.1 Å². The second-order valence-corrected chi connectivity index (χ2v) is 6.80. The Morgan fingerprint density at radius 3 is 2.71 bits per heavy atom. The molecule has 1 saturated heterocycles. The molecule has 0 bridgehead atoms. The summed E-state index contributed by atoms with van der Waals surface area (Å²) in [5, 5.41) is 8.07. The monoisotopic (exact) mass is 348 g/mol. The van der Waals surface area contributed by atoms with Crippen molar-refractivity contribution >= 4 is 23.6 Å². The highest BCUT2D eigenvalue weighted by Gasteiger charge is 2.33. The smallest absolute Gasteiger partial charge is 0.260 e. The number of hydrogen-bond acceptors (Lipinski definition) is 5. The number of likely N-dealkylation sites (tertiary alicyclic amines) is 1. The Hall–Kier alpha value is -2.22. The highest BCUT2D eigenvalue weighted by Crippen LogP contribution is 2.29. The number of thioether (sulfide) groups is 1. The summed E-state index contributed by atoms with van der Waals surface area (Å²) in [4.78, 5) is 26.7. The molecule has 1 aromatic heterocycles. The lowest BCUT2D eigenvalue weighted by atomic mass is 10.2. The molecule has 0 unspecified atom stereocenters. The Morgan fingerprint density at radius 1 is 1.29 bits per heavy atom. The van der Waals surface area contributed by atoms with Crippen LogP contribution in [0.4, 0.5) is 4.39 Å². The van der Waals surface area contributed by atoms with Crippen molar-refractivity contribution < 1.29 is 14.0 Å². The maximum Gasteiger partial charge on any atom is 0.260 e. The number of amides is 2. The van der Waals surface area contributed by atoms with Gasteiger partial charge in [0, 0.05) is 19.2 Å². The molecule has 0 aliphatic carbocycles. The largest absolute Gasteiger partial charge is 0.312 e. The fourth-order valence-corrected chi connectivity index (χ4v) is 3.65. The van der Waals surface area contributed by atoms with Crippen LogP contribution < -0.4 is 0 Å². The van der Waals surface area contributed by atoms with Crippen molar-refractivity contribution in [2.75, 3.05) is 6.54 Å². The van der Waals surface area contributed by atoms with E-state index in [0.29, 0.717) is 23.7 Å². The van der Waals surface area contributed by atoms with Crippen LogP contribution in [0.1, 0.15) is 29.6 Å². The molecule has 0 spiro atoms. The van der Waals surface area contributed by atoms with Crippen LogP contribution in [0.15, 0.2) is 35.7 Å². The molecular formula is C16H17FN4O2S. The van der Waals surface area contributed by atoms with E-state index >= 15 is 0 Å². The third-order valence-electron chi connectivity index (χ3n) is 3.89. The maximum absolute atomic E-state index is 13.0. The Balaban J connectivity index is 1.79. The highest BCUT2D eigenvalue weighted by atomic mass is 32.2. The zero-order chi connectivity index (χ0) is 17.1. The zero-order valence-electron chi connectivity index (χ0n) is 13.2. The zero-order valence-corrected chi connectivity index (χ0v) is 14.0. The van der Waals surface area contributed by atoms with Gasteiger partial charge in [-0.3, -0.25) is 14.5 Å². The Labute approximate surface area is 143 Å². The minimum absolute atomic E-state index is 0.227. The maximum atomic E-state index is 13.0. The van der Waals surface area contributed by atoms with E-state index in [1.807, 2.05) is 7.05 Å². The van der Waals surface area contributed by atoms with Crippen LogP contribution in [0.5, 0.6) is 0 Å². The van der Waals surface area contributed by atoms with E-state index in [4.69, 9.17) is 0 Å². The predicted molar refractivity (Wildman–Crippen MR) is 86.9 cm³/mol. The van der Waals surface area contributed by atoms with Crippen LogP contribution >= 0.6 is 11.8 Å².